The van der Waals surface area contributed by atoms with E-state index in [0.717, 1.165) is 38.5 Å². The molecule has 4 heterocycles. The van der Waals surface area contributed by atoms with E-state index in [2.05, 4.69) is 15.0 Å². The Bertz CT molecular complexity index is 1530. The van der Waals surface area contributed by atoms with E-state index >= 15 is 0 Å². The molecule has 1 aliphatic rings. The molecule has 5 rings (SSSR count). The lowest BCUT2D eigenvalue weighted by molar-refractivity contribution is -0.150. The number of ketones is 1. The van der Waals surface area contributed by atoms with Gasteiger partial charge in [-0.1, -0.05) is 13.0 Å². The number of hydrogen-bond donors (Lipinski definition) is 0. The molecule has 0 atom stereocenters. The van der Waals surface area contributed by atoms with Crippen LogP contribution < -0.4 is 4.74 Å². The SMILES string of the molecule is CCCN(Cc1ccc(-c2cc3nccc(Oc4ccc(CC(=O)CC5CC5)nc4)c3s2)nc1)C(=O)COC(C)=O. The number of pyridine rings is 3. The first kappa shape index (κ1) is 28.4. The number of carbonyl (C=O) groups excluding carboxylic acids is 3. The lowest BCUT2D eigenvalue weighted by Crippen LogP contribution is -2.34. The molecule has 41 heavy (non-hydrogen) atoms. The van der Waals surface area contributed by atoms with E-state index in [-0.39, 0.29) is 18.3 Å². The van der Waals surface area contributed by atoms with E-state index in [9.17, 15) is 14.4 Å². The van der Waals surface area contributed by atoms with Crippen molar-refractivity contribution in [2.24, 2.45) is 5.92 Å². The predicted octanol–water partition coefficient (Wildman–Crippen LogP) is 5.76. The maximum absolute atomic E-state index is 12.5. The number of fused-ring (bicyclic) bond motifs is 1. The number of thiophene rings is 1. The zero-order valence-electron chi connectivity index (χ0n) is 23.2. The summed E-state index contributed by atoms with van der Waals surface area (Å²) in [5, 5.41) is 0. The summed E-state index contributed by atoms with van der Waals surface area (Å²) in [5.41, 5.74) is 3.22. The Morgan fingerprint density at radius 2 is 1.90 bits per heavy atom. The lowest BCUT2D eigenvalue weighted by Gasteiger charge is -2.22. The summed E-state index contributed by atoms with van der Waals surface area (Å²) in [6.45, 7) is 3.96. The molecule has 0 radical (unpaired) electrons. The van der Waals surface area contributed by atoms with Crippen molar-refractivity contribution < 1.29 is 23.9 Å². The number of ether oxygens (including phenoxy) is 2. The third kappa shape index (κ3) is 7.73. The summed E-state index contributed by atoms with van der Waals surface area (Å²) >= 11 is 1.53. The standard InChI is InChI=1S/C31H32N4O5S/c1-3-12-35(30(38)19-39-20(2)36)18-22-6-9-26(34-16-22)29-15-27-31(41-29)28(10-11-32-27)40-25-8-7-23(33-17-25)14-24(37)13-21-4-5-21/h6-11,15-17,21H,3-5,12-14,18-19H2,1-2H3. The van der Waals surface area contributed by atoms with Crippen LogP contribution in [-0.4, -0.2) is 50.7 Å². The van der Waals surface area contributed by atoms with Crippen molar-refractivity contribution in [2.75, 3.05) is 13.2 Å². The molecule has 10 heteroatoms. The van der Waals surface area contributed by atoms with Gasteiger partial charge < -0.3 is 14.4 Å². The molecule has 0 aliphatic heterocycles. The van der Waals surface area contributed by atoms with Gasteiger partial charge in [-0.3, -0.25) is 29.3 Å². The molecule has 212 valence electrons. The summed E-state index contributed by atoms with van der Waals surface area (Å²) < 4.78 is 11.9. The first-order valence-electron chi connectivity index (χ1n) is 13.8. The van der Waals surface area contributed by atoms with Crippen LogP contribution in [0.2, 0.25) is 0 Å². The maximum atomic E-state index is 12.5. The highest BCUT2D eigenvalue weighted by Crippen LogP contribution is 2.38. The fraction of sp³-hybridized carbons (Fsp3) is 0.355. The lowest BCUT2D eigenvalue weighted by atomic mass is 10.1. The summed E-state index contributed by atoms with van der Waals surface area (Å²) in [7, 11) is 0. The number of aromatic nitrogens is 3. The molecule has 0 N–H and O–H groups in total. The summed E-state index contributed by atoms with van der Waals surface area (Å²) in [5.74, 6) is 1.37. The van der Waals surface area contributed by atoms with Gasteiger partial charge in [-0.2, -0.15) is 0 Å². The van der Waals surface area contributed by atoms with Crippen molar-refractivity contribution in [1.29, 1.82) is 0 Å². The molecule has 4 aromatic heterocycles. The van der Waals surface area contributed by atoms with Crippen LogP contribution in [0.1, 0.15) is 50.8 Å². The molecular weight excluding hydrogens is 540 g/mol. The molecule has 0 saturated heterocycles. The normalized spacial score (nSPS) is 12.7. The molecule has 0 bridgehead atoms. The molecule has 9 nitrogen and oxygen atoms in total. The minimum Gasteiger partial charge on any atom is -0.456 e. The fourth-order valence-electron chi connectivity index (χ4n) is 4.44. The Morgan fingerprint density at radius 3 is 2.59 bits per heavy atom. The first-order chi connectivity index (χ1) is 19.9. The average molecular weight is 573 g/mol. The number of amides is 1. The second-order valence-electron chi connectivity index (χ2n) is 10.2. The Morgan fingerprint density at radius 1 is 1.05 bits per heavy atom. The highest BCUT2D eigenvalue weighted by atomic mass is 32.1. The van der Waals surface area contributed by atoms with Gasteiger partial charge in [0.2, 0.25) is 0 Å². The van der Waals surface area contributed by atoms with Gasteiger partial charge in [-0.15, -0.1) is 11.3 Å². The van der Waals surface area contributed by atoms with Gasteiger partial charge in [-0.05, 0) is 55.0 Å². The van der Waals surface area contributed by atoms with E-state index in [1.807, 2.05) is 43.3 Å². The molecular formula is C31H32N4O5S. The highest BCUT2D eigenvalue weighted by molar-refractivity contribution is 7.22. The quantitative estimate of drug-likeness (QED) is 0.186. The van der Waals surface area contributed by atoms with Gasteiger partial charge in [0, 0.05) is 57.0 Å². The number of carbonyl (C=O) groups is 3. The zero-order chi connectivity index (χ0) is 28.8. The Balaban J connectivity index is 1.25. The smallest absolute Gasteiger partial charge is 0.303 e. The van der Waals surface area contributed by atoms with Crippen LogP contribution in [0, 0.1) is 5.92 Å². The van der Waals surface area contributed by atoms with E-state index in [1.165, 1.54) is 31.1 Å². The number of Topliss-reactive ketones (excluding diaryl/α,β-unsaturated/α-hetero) is 1. The van der Waals surface area contributed by atoms with Crippen molar-refractivity contribution in [1.82, 2.24) is 19.9 Å². The van der Waals surface area contributed by atoms with Gasteiger partial charge in [0.1, 0.15) is 17.3 Å². The largest absolute Gasteiger partial charge is 0.456 e. The van der Waals surface area contributed by atoms with Gasteiger partial charge in [-0.25, -0.2) is 0 Å². The summed E-state index contributed by atoms with van der Waals surface area (Å²) in [4.78, 5) is 51.9. The fourth-order valence-corrected chi connectivity index (χ4v) is 5.49. The van der Waals surface area contributed by atoms with Gasteiger partial charge in [0.25, 0.3) is 5.91 Å². The highest BCUT2D eigenvalue weighted by Gasteiger charge is 2.24. The van der Waals surface area contributed by atoms with Crippen molar-refractivity contribution in [3.8, 4) is 22.1 Å². The molecule has 0 spiro atoms. The van der Waals surface area contributed by atoms with Gasteiger partial charge >= 0.3 is 5.97 Å². The van der Waals surface area contributed by atoms with Crippen LogP contribution >= 0.6 is 11.3 Å². The van der Waals surface area contributed by atoms with E-state index in [4.69, 9.17) is 9.47 Å². The van der Waals surface area contributed by atoms with E-state index in [0.29, 0.717) is 43.3 Å². The van der Waals surface area contributed by atoms with Crippen LogP contribution in [0.3, 0.4) is 0 Å². The molecule has 4 aromatic rings. The number of esters is 1. The number of hydrogen-bond acceptors (Lipinski definition) is 9. The van der Waals surface area contributed by atoms with Crippen LogP contribution in [0.15, 0.2) is 55.0 Å². The molecule has 1 saturated carbocycles. The molecule has 1 amide bonds. The molecule has 1 fully saturated rings. The Kier molecular flexibility index (Phi) is 8.98. The topological polar surface area (TPSA) is 112 Å². The minimum atomic E-state index is -0.478. The summed E-state index contributed by atoms with van der Waals surface area (Å²) in [6.07, 6.45) is 9.25. The predicted molar refractivity (Wildman–Crippen MR) is 156 cm³/mol. The van der Waals surface area contributed by atoms with Crippen molar-refractivity contribution in [3.05, 3.63) is 66.2 Å². The van der Waals surface area contributed by atoms with Gasteiger partial charge in [0.15, 0.2) is 6.61 Å². The number of rotatable bonds is 13. The molecule has 0 aromatic carbocycles. The Labute approximate surface area is 242 Å². The van der Waals surface area contributed by atoms with Crippen LogP contribution in [0.5, 0.6) is 11.5 Å². The second-order valence-corrected chi connectivity index (χ2v) is 11.3. The van der Waals surface area contributed by atoms with Crippen molar-refractivity contribution in [3.63, 3.8) is 0 Å². The second kappa shape index (κ2) is 13.0. The van der Waals surface area contributed by atoms with Crippen molar-refractivity contribution in [2.45, 2.75) is 52.5 Å². The average Bonchev–Trinajstić information content (AvgIpc) is 3.66. The maximum Gasteiger partial charge on any atom is 0.303 e. The molecule has 0 unspecified atom stereocenters. The van der Waals surface area contributed by atoms with Crippen molar-refractivity contribution >= 4 is 39.2 Å². The van der Waals surface area contributed by atoms with Crippen LogP contribution in [-0.2, 0) is 32.1 Å². The van der Waals surface area contributed by atoms with E-state index in [1.54, 1.807) is 23.5 Å². The minimum absolute atomic E-state index is 0.235. The zero-order valence-corrected chi connectivity index (χ0v) is 24.0. The molecule has 1 aliphatic carbocycles. The third-order valence-corrected chi connectivity index (χ3v) is 7.85. The van der Waals surface area contributed by atoms with Crippen LogP contribution in [0.4, 0.5) is 0 Å². The monoisotopic (exact) mass is 572 g/mol. The summed E-state index contributed by atoms with van der Waals surface area (Å²) in [6, 6.07) is 11.4. The number of nitrogens with zero attached hydrogens (tertiary/aromatic N) is 4. The van der Waals surface area contributed by atoms with Crippen LogP contribution in [0.25, 0.3) is 20.8 Å². The van der Waals surface area contributed by atoms with Gasteiger partial charge in [0.05, 0.1) is 27.0 Å². The first-order valence-corrected chi connectivity index (χ1v) is 14.6. The van der Waals surface area contributed by atoms with E-state index < -0.39 is 5.97 Å². The Hall–Kier alpha value is -4.18. The third-order valence-electron chi connectivity index (χ3n) is 6.69.